The Morgan fingerprint density at radius 1 is 1.21 bits per heavy atom. The van der Waals surface area contributed by atoms with Crippen LogP contribution in [0.1, 0.15) is 17.3 Å². The minimum Gasteiger partial charge on any atom is -0.497 e. The van der Waals surface area contributed by atoms with Gasteiger partial charge in [-0.05, 0) is 19.1 Å². The van der Waals surface area contributed by atoms with Crippen molar-refractivity contribution in [2.75, 3.05) is 14.2 Å². The van der Waals surface area contributed by atoms with E-state index in [4.69, 9.17) is 17.3 Å². The van der Waals surface area contributed by atoms with Crippen LogP contribution in [0.2, 0.25) is 0 Å². The van der Waals surface area contributed by atoms with Gasteiger partial charge in [0, 0.05) is 0 Å². The molecule has 0 aromatic heterocycles. The van der Waals surface area contributed by atoms with Gasteiger partial charge in [0.2, 0.25) is 0 Å². The molecule has 0 spiro atoms. The van der Waals surface area contributed by atoms with E-state index in [2.05, 4.69) is 0 Å². The zero-order valence-electron chi connectivity index (χ0n) is 8.46. The Balaban J connectivity index is 3.32. The van der Waals surface area contributed by atoms with E-state index < -0.39 is 0 Å². The van der Waals surface area contributed by atoms with Crippen LogP contribution in [0.25, 0.3) is 0 Å². The maximum atomic E-state index is 11.2. The zero-order chi connectivity index (χ0) is 10.7. The normalized spacial score (nSPS) is 9.64. The van der Waals surface area contributed by atoms with E-state index in [0.717, 1.165) is 0 Å². The molecule has 4 heteroatoms. The summed E-state index contributed by atoms with van der Waals surface area (Å²) in [6.45, 7) is 1.47. The molecule has 0 aliphatic carbocycles. The van der Waals surface area contributed by atoms with E-state index in [1.165, 1.54) is 21.1 Å². The van der Waals surface area contributed by atoms with E-state index in [1.54, 1.807) is 12.1 Å². The van der Waals surface area contributed by atoms with Gasteiger partial charge in [-0.3, -0.25) is 4.79 Å². The largest absolute Gasteiger partial charge is 0.497 e. The summed E-state index contributed by atoms with van der Waals surface area (Å²) in [7, 11) is 8.66. The summed E-state index contributed by atoms with van der Waals surface area (Å²) in [5.41, 5.74) is 0.924. The van der Waals surface area contributed by atoms with Gasteiger partial charge in [-0.2, -0.15) is 0 Å². The molecule has 0 aliphatic rings. The summed E-state index contributed by atoms with van der Waals surface area (Å²) in [6.07, 6.45) is 0. The first-order valence-electron chi connectivity index (χ1n) is 4.12. The molecule has 1 aromatic rings. The molecule has 3 nitrogen and oxygen atoms in total. The predicted molar refractivity (Wildman–Crippen MR) is 54.9 cm³/mol. The third-order valence-electron chi connectivity index (χ3n) is 1.93. The second-order valence-corrected chi connectivity index (χ2v) is 2.85. The van der Waals surface area contributed by atoms with Crippen molar-refractivity contribution in [3.8, 4) is 11.5 Å². The Hall–Kier alpha value is -1.45. The monoisotopic (exact) mass is 190 g/mol. The number of methoxy groups -OCH3 is 2. The molecule has 0 fully saturated rings. The van der Waals surface area contributed by atoms with Crippen molar-refractivity contribution in [2.45, 2.75) is 6.92 Å². The zero-order valence-corrected chi connectivity index (χ0v) is 8.46. The molecule has 0 N–H and O–H groups in total. The summed E-state index contributed by atoms with van der Waals surface area (Å²) in [5.74, 6) is 0.868. The van der Waals surface area contributed by atoms with E-state index in [9.17, 15) is 4.79 Å². The fourth-order valence-corrected chi connectivity index (χ4v) is 1.20. The third-order valence-corrected chi connectivity index (χ3v) is 1.93. The lowest BCUT2D eigenvalue weighted by atomic mass is 9.92. The maximum Gasteiger partial charge on any atom is 0.163 e. The summed E-state index contributed by atoms with van der Waals surface area (Å²) in [6, 6.07) is 3.16. The van der Waals surface area contributed by atoms with Crippen molar-refractivity contribution in [2.24, 2.45) is 0 Å². The van der Waals surface area contributed by atoms with Crippen LogP contribution in [0, 0.1) is 0 Å². The highest BCUT2D eigenvalue weighted by molar-refractivity contribution is 6.34. The molecule has 0 unspecified atom stereocenters. The maximum absolute atomic E-state index is 11.2. The number of Topliss-reactive ketones (excluding diaryl/α,β-unsaturated/α-hetero) is 1. The smallest absolute Gasteiger partial charge is 0.163 e. The van der Waals surface area contributed by atoms with Gasteiger partial charge in [0.25, 0.3) is 0 Å². The van der Waals surface area contributed by atoms with Crippen LogP contribution in [0.5, 0.6) is 11.5 Å². The van der Waals surface area contributed by atoms with Gasteiger partial charge >= 0.3 is 0 Å². The van der Waals surface area contributed by atoms with Crippen molar-refractivity contribution in [1.82, 2.24) is 0 Å². The van der Waals surface area contributed by atoms with E-state index >= 15 is 0 Å². The molecule has 1 rings (SSSR count). The van der Waals surface area contributed by atoms with Crippen molar-refractivity contribution in [3.63, 3.8) is 0 Å². The molecule has 0 aliphatic heterocycles. The van der Waals surface area contributed by atoms with Gasteiger partial charge in [0.15, 0.2) is 5.78 Å². The number of hydrogen-bond acceptors (Lipinski definition) is 3. The van der Waals surface area contributed by atoms with Crippen LogP contribution < -0.4 is 14.9 Å². The minimum absolute atomic E-state index is 0.0832. The molecule has 0 amide bonds. The molecule has 0 atom stereocenters. The molecule has 2 radical (unpaired) electrons. The average molecular weight is 190 g/mol. The topological polar surface area (TPSA) is 35.5 Å². The van der Waals surface area contributed by atoms with Crippen LogP contribution in [0.4, 0.5) is 0 Å². The number of benzene rings is 1. The van der Waals surface area contributed by atoms with Gasteiger partial charge in [0.1, 0.15) is 19.3 Å². The summed E-state index contributed by atoms with van der Waals surface area (Å²) >= 11 is 0. The number of carbonyl (C=O) groups is 1. The summed E-state index contributed by atoms with van der Waals surface area (Å²) in [5, 5.41) is 0. The number of carbonyl (C=O) groups excluding carboxylic acids is 1. The summed E-state index contributed by atoms with van der Waals surface area (Å²) < 4.78 is 10.0. The Morgan fingerprint density at radius 3 is 2.21 bits per heavy atom. The second kappa shape index (κ2) is 4.18. The van der Waals surface area contributed by atoms with Crippen molar-refractivity contribution >= 4 is 19.1 Å². The Bertz CT molecular complexity index is 361. The van der Waals surface area contributed by atoms with Gasteiger partial charge in [-0.25, -0.2) is 0 Å². The van der Waals surface area contributed by atoms with Crippen LogP contribution >= 0.6 is 0 Å². The molecular weight excluding hydrogens is 179 g/mol. The lowest BCUT2D eigenvalue weighted by Gasteiger charge is -2.11. The molecule has 0 saturated carbocycles. The molecule has 72 valence electrons. The Morgan fingerprint density at radius 2 is 1.79 bits per heavy atom. The quantitative estimate of drug-likeness (QED) is 0.519. The highest BCUT2D eigenvalue weighted by Gasteiger charge is 2.11. The average Bonchev–Trinajstić information content (AvgIpc) is 2.16. The number of ketones is 1. The first-order chi connectivity index (χ1) is 6.60. The van der Waals surface area contributed by atoms with Crippen molar-refractivity contribution in [1.29, 1.82) is 0 Å². The fraction of sp³-hybridized carbons (Fsp3) is 0.300. The summed E-state index contributed by atoms with van der Waals surface area (Å²) in [4.78, 5) is 11.2. The molecule has 0 heterocycles. The van der Waals surface area contributed by atoms with Gasteiger partial charge in [-0.1, -0.05) is 5.46 Å². The lowest BCUT2D eigenvalue weighted by molar-refractivity contribution is 0.101. The SMILES string of the molecule is [B]c1cc(OC)c(C(C)=O)cc1OC. The minimum atomic E-state index is -0.0832. The number of hydrogen-bond donors (Lipinski definition) is 0. The van der Waals surface area contributed by atoms with Gasteiger partial charge in [0.05, 0.1) is 19.8 Å². The lowest BCUT2D eigenvalue weighted by Crippen LogP contribution is -2.10. The highest BCUT2D eigenvalue weighted by Crippen LogP contribution is 2.21. The van der Waals surface area contributed by atoms with Crippen molar-refractivity contribution in [3.05, 3.63) is 17.7 Å². The van der Waals surface area contributed by atoms with Crippen LogP contribution in [-0.4, -0.2) is 27.8 Å². The highest BCUT2D eigenvalue weighted by atomic mass is 16.5. The molecule has 0 saturated heterocycles. The second-order valence-electron chi connectivity index (χ2n) is 2.85. The first-order valence-corrected chi connectivity index (χ1v) is 4.12. The van der Waals surface area contributed by atoms with E-state index in [1.807, 2.05) is 0 Å². The van der Waals surface area contributed by atoms with Gasteiger partial charge < -0.3 is 9.47 Å². The predicted octanol–water partition coefficient (Wildman–Crippen LogP) is 0.700. The third kappa shape index (κ3) is 1.89. The van der Waals surface area contributed by atoms with E-state index in [-0.39, 0.29) is 5.78 Å². The molecule has 0 bridgehead atoms. The molecular formula is C10H11BO3. The Labute approximate surface area is 84.4 Å². The Kier molecular flexibility index (Phi) is 3.17. The first kappa shape index (κ1) is 10.6. The standard InChI is InChI=1S/C10H11BO3/c1-6(12)7-4-10(14-3)8(11)5-9(7)13-2/h4-5H,1-3H3. The van der Waals surface area contributed by atoms with Gasteiger partial charge in [-0.15, -0.1) is 0 Å². The number of rotatable bonds is 3. The molecule has 1 aromatic carbocycles. The van der Waals surface area contributed by atoms with Crippen LogP contribution in [-0.2, 0) is 0 Å². The molecule has 14 heavy (non-hydrogen) atoms. The van der Waals surface area contributed by atoms with Crippen LogP contribution in [0.3, 0.4) is 0 Å². The fourth-order valence-electron chi connectivity index (χ4n) is 1.20. The van der Waals surface area contributed by atoms with E-state index in [0.29, 0.717) is 22.5 Å². The van der Waals surface area contributed by atoms with Crippen molar-refractivity contribution < 1.29 is 14.3 Å². The van der Waals surface area contributed by atoms with Crippen LogP contribution in [0.15, 0.2) is 12.1 Å². The number of ether oxygens (including phenoxy) is 2.